The first-order valence-corrected chi connectivity index (χ1v) is 15.6. The van der Waals surface area contributed by atoms with Gasteiger partial charge in [-0.05, 0) is 38.8 Å². The summed E-state index contributed by atoms with van der Waals surface area (Å²) in [5.41, 5.74) is 7.50. The van der Waals surface area contributed by atoms with Crippen molar-refractivity contribution in [3.8, 4) is 0 Å². The van der Waals surface area contributed by atoms with E-state index in [-0.39, 0.29) is 38.5 Å². The van der Waals surface area contributed by atoms with E-state index < -0.39 is 49.7 Å². The Labute approximate surface area is 245 Å². The van der Waals surface area contributed by atoms with Gasteiger partial charge in [0.05, 0.1) is 32.5 Å². The summed E-state index contributed by atoms with van der Waals surface area (Å²) >= 11 is 0. The van der Waals surface area contributed by atoms with Crippen molar-refractivity contribution < 1.29 is 37.9 Å². The molecule has 0 saturated carbocycles. The number of fused-ring (bicyclic) bond motifs is 1. The van der Waals surface area contributed by atoms with Crippen molar-refractivity contribution in [2.24, 2.45) is 15.7 Å². The summed E-state index contributed by atoms with van der Waals surface area (Å²) in [6.07, 6.45) is -0.833. The Morgan fingerprint density at radius 3 is 2.31 bits per heavy atom. The number of nitrogens with two attached hydrogens (primary N) is 1. The lowest BCUT2D eigenvalue weighted by Gasteiger charge is -2.27. The van der Waals surface area contributed by atoms with Crippen LogP contribution in [0.25, 0.3) is 0 Å². The number of hydrogen-bond donors (Lipinski definition) is 4. The van der Waals surface area contributed by atoms with Crippen LogP contribution >= 0.6 is 7.44 Å². The summed E-state index contributed by atoms with van der Waals surface area (Å²) < 4.78 is 34.7. The number of esters is 2. The average Bonchev–Trinajstić information content (AvgIpc) is 3.24. The largest absolute Gasteiger partial charge is 0.465 e. The summed E-state index contributed by atoms with van der Waals surface area (Å²) in [6.45, 7) is 7.44. The first-order valence-electron chi connectivity index (χ1n) is 13.7. The molecule has 0 aliphatic carbocycles. The molecule has 4 atom stereocenters. The van der Waals surface area contributed by atoms with Gasteiger partial charge in [0, 0.05) is 7.11 Å². The lowest BCUT2D eigenvalue weighted by Crippen LogP contribution is -2.48. The van der Waals surface area contributed by atoms with Crippen LogP contribution in [0.1, 0.15) is 38.8 Å². The number of nitrogens with zero attached hydrogens (tertiary/aromatic N) is 3. The number of hydrogen-bond acceptors (Lipinski definition) is 11. The van der Waals surface area contributed by atoms with E-state index in [2.05, 4.69) is 25.5 Å². The molecule has 42 heavy (non-hydrogen) atoms. The quantitative estimate of drug-likeness (QED) is 0.126. The third-order valence-corrected chi connectivity index (χ3v) is 8.65. The molecule has 2 heterocycles. The lowest BCUT2D eigenvalue weighted by atomic mass is 10.1. The molecule has 2 amide bonds. The average molecular weight is 610 g/mol. The minimum absolute atomic E-state index is 0.0564. The van der Waals surface area contributed by atoms with E-state index in [0.717, 1.165) is 0 Å². The van der Waals surface area contributed by atoms with Gasteiger partial charge in [-0.2, -0.15) is 4.99 Å². The molecule has 1 aromatic rings. The van der Waals surface area contributed by atoms with Gasteiger partial charge in [0.15, 0.2) is 0 Å². The summed E-state index contributed by atoms with van der Waals surface area (Å²) in [6, 6.07) is 4.35. The molecule has 1 saturated heterocycles. The molecule has 2 aliphatic rings. The molecule has 16 heteroatoms. The second kappa shape index (κ2) is 15.2. The van der Waals surface area contributed by atoms with Crippen LogP contribution in [0.2, 0.25) is 0 Å². The Kier molecular flexibility index (Phi) is 12.0. The predicted octanol–water partition coefficient (Wildman–Crippen LogP) is 1.07. The van der Waals surface area contributed by atoms with Crippen LogP contribution in [0, 0.1) is 0 Å². The number of benzene rings is 1. The fraction of sp³-hybridized carbons (Fsp3) is 0.577. The number of methoxy groups -OCH3 is 1. The molecule has 0 spiro atoms. The van der Waals surface area contributed by atoms with Crippen molar-refractivity contribution >= 4 is 37.3 Å². The van der Waals surface area contributed by atoms with Crippen LogP contribution in [0.4, 0.5) is 4.79 Å². The highest BCUT2D eigenvalue weighted by atomic mass is 31.2. The third-order valence-electron chi connectivity index (χ3n) is 6.23. The second-order valence-electron chi connectivity index (χ2n) is 9.65. The fourth-order valence-electron chi connectivity index (χ4n) is 4.34. The van der Waals surface area contributed by atoms with Gasteiger partial charge in [0.1, 0.15) is 36.7 Å². The molecular weight excluding hydrogens is 569 g/mol. The normalized spacial score (nSPS) is 19.7. The van der Waals surface area contributed by atoms with Crippen molar-refractivity contribution in [3.63, 3.8) is 0 Å². The number of carbonyl (C=O) groups is 3. The summed E-state index contributed by atoms with van der Waals surface area (Å²) in [5, 5.41) is 8.47. The van der Waals surface area contributed by atoms with Crippen LogP contribution in [0.15, 0.2) is 34.3 Å². The van der Waals surface area contributed by atoms with Crippen molar-refractivity contribution in [1.29, 1.82) is 0 Å². The van der Waals surface area contributed by atoms with Gasteiger partial charge in [0.25, 0.3) is 0 Å². The first-order chi connectivity index (χ1) is 20.0. The Bertz CT molecular complexity index is 1210. The van der Waals surface area contributed by atoms with Crippen LogP contribution in [0.5, 0.6) is 0 Å². The van der Waals surface area contributed by atoms with Crippen molar-refractivity contribution in [3.05, 3.63) is 35.4 Å². The number of aliphatic imine (C=N–C) groups is 2. The van der Waals surface area contributed by atoms with Crippen molar-refractivity contribution in [1.82, 2.24) is 20.4 Å². The Morgan fingerprint density at radius 1 is 1.10 bits per heavy atom. The van der Waals surface area contributed by atoms with E-state index in [9.17, 15) is 18.9 Å². The minimum atomic E-state index is -3.61. The molecule has 2 aliphatic heterocycles. The van der Waals surface area contributed by atoms with E-state index in [0.29, 0.717) is 23.6 Å². The van der Waals surface area contributed by atoms with E-state index in [1.54, 1.807) is 39.2 Å². The predicted molar refractivity (Wildman–Crippen MR) is 155 cm³/mol. The van der Waals surface area contributed by atoms with Gasteiger partial charge < -0.3 is 30.0 Å². The molecule has 0 radical (unpaired) electrons. The van der Waals surface area contributed by atoms with E-state index >= 15 is 0 Å². The summed E-state index contributed by atoms with van der Waals surface area (Å²) in [5.74, 6) is -0.777. The third kappa shape index (κ3) is 8.82. The molecule has 0 aromatic heterocycles. The maximum atomic E-state index is 14.1. The number of ether oxygens (including phenoxy) is 4. The van der Waals surface area contributed by atoms with Gasteiger partial charge in [-0.25, -0.2) is 20.0 Å². The molecule has 5 N–H and O–H groups in total. The van der Waals surface area contributed by atoms with E-state index in [1.807, 2.05) is 6.07 Å². The standard InChI is InChI=1S/C26H40N7O8P/c1-6-39-23(34)16(3)31-42(37,32-17(4)24(35)40-7-2)15-19-10-8-9-18(13-19)14-33-22-20(28-26(33)36)21(27)29-25(30-22)41-12-11-38-5/h8-10,13,16-17,20-21H,6-7,11-12,14-15,27H2,1-5H3,(H,28,36)(H2,31,32,37)/t16-,17-,20?,21?/m0/s1. The minimum Gasteiger partial charge on any atom is -0.465 e. The zero-order valence-electron chi connectivity index (χ0n) is 24.5. The topological polar surface area (TPSA) is 195 Å². The Balaban J connectivity index is 1.81. The molecule has 0 bridgehead atoms. The summed E-state index contributed by atoms with van der Waals surface area (Å²) in [4.78, 5) is 47.5. The van der Waals surface area contributed by atoms with Crippen LogP contribution in [-0.2, 0) is 45.8 Å². The highest BCUT2D eigenvalue weighted by Gasteiger charge is 2.42. The van der Waals surface area contributed by atoms with E-state index in [1.165, 1.54) is 18.7 Å². The number of amides is 2. The zero-order valence-corrected chi connectivity index (χ0v) is 25.4. The summed E-state index contributed by atoms with van der Waals surface area (Å²) in [7, 11) is -2.06. The number of nitrogens with one attached hydrogen (secondary N) is 3. The number of amidine groups is 2. The second-order valence-corrected chi connectivity index (χ2v) is 12.0. The number of urea groups is 1. The molecule has 1 fully saturated rings. The highest BCUT2D eigenvalue weighted by molar-refractivity contribution is 7.59. The van der Waals surface area contributed by atoms with E-state index in [4.69, 9.17) is 24.7 Å². The van der Waals surface area contributed by atoms with Gasteiger partial charge in [-0.15, -0.1) is 0 Å². The molecule has 1 aromatic carbocycles. The van der Waals surface area contributed by atoms with Gasteiger partial charge in [-0.3, -0.25) is 19.1 Å². The van der Waals surface area contributed by atoms with Gasteiger partial charge >= 0.3 is 24.0 Å². The molecular formula is C26H40N7O8P. The van der Waals surface area contributed by atoms with Gasteiger partial charge in [-0.1, -0.05) is 24.3 Å². The molecule has 2 unspecified atom stereocenters. The maximum absolute atomic E-state index is 14.1. The number of carbonyl (C=O) groups excluding carboxylic acids is 3. The maximum Gasteiger partial charge on any atom is 0.323 e. The monoisotopic (exact) mass is 609 g/mol. The smallest absolute Gasteiger partial charge is 0.323 e. The van der Waals surface area contributed by atoms with Crippen LogP contribution < -0.4 is 21.2 Å². The van der Waals surface area contributed by atoms with Crippen LogP contribution in [0.3, 0.4) is 0 Å². The van der Waals surface area contributed by atoms with Gasteiger partial charge in [0.2, 0.25) is 7.44 Å². The highest BCUT2D eigenvalue weighted by Crippen LogP contribution is 2.42. The lowest BCUT2D eigenvalue weighted by molar-refractivity contribution is -0.145. The SMILES string of the molecule is CCOC(=O)[C@H](C)NP(=O)(Cc1cccc(CN2C(=O)NC3C2=NC(OCCOC)=NC3N)c1)N[C@@H](C)C(=O)OCC. The molecule has 15 nitrogen and oxygen atoms in total. The first kappa shape index (κ1) is 33.1. The van der Waals surface area contributed by atoms with Crippen molar-refractivity contribution in [2.45, 2.75) is 64.7 Å². The Morgan fingerprint density at radius 2 is 1.71 bits per heavy atom. The Hall–Kier alpha value is -3.36. The zero-order chi connectivity index (χ0) is 30.9. The molecule has 232 valence electrons. The van der Waals surface area contributed by atoms with Crippen molar-refractivity contribution in [2.75, 3.05) is 33.5 Å². The number of rotatable bonds is 15. The fourth-order valence-corrected chi connectivity index (χ4v) is 6.77. The molecule has 3 rings (SSSR count). The van der Waals surface area contributed by atoms with Crippen LogP contribution in [-0.4, -0.2) is 92.6 Å².